The fourth-order valence-electron chi connectivity index (χ4n) is 2.71. The second kappa shape index (κ2) is 18.2. The van der Waals surface area contributed by atoms with Crippen LogP contribution < -0.4 is 0 Å². The fraction of sp³-hybridized carbons (Fsp3) is 0.762. The van der Waals surface area contributed by atoms with Crippen LogP contribution in [0, 0.1) is 0 Å². The average molecular weight is 307 g/mol. The van der Waals surface area contributed by atoms with Crippen LogP contribution in [0.4, 0.5) is 0 Å². The Morgan fingerprint density at radius 3 is 1.82 bits per heavy atom. The maximum atomic E-state index is 11.8. The van der Waals surface area contributed by atoms with Gasteiger partial charge in [-0.3, -0.25) is 4.79 Å². The third kappa shape index (κ3) is 17.2. The standard InChI is InChI=1S/C21H38O/c1-3-5-7-9-11-13-15-17-19-21(22)20-18-16-14-12-10-8-6-4-2/h3,5,7H,1,4,6,8-20H2,2H3/b7-5+. The Balaban J connectivity index is 3.19. The van der Waals surface area contributed by atoms with E-state index in [1.54, 1.807) is 0 Å². The van der Waals surface area contributed by atoms with Crippen molar-refractivity contribution >= 4 is 5.78 Å². The zero-order valence-electron chi connectivity index (χ0n) is 15.0. The van der Waals surface area contributed by atoms with Crippen molar-refractivity contribution in [2.24, 2.45) is 0 Å². The fourth-order valence-corrected chi connectivity index (χ4v) is 2.71. The average Bonchev–Trinajstić information content (AvgIpc) is 2.52. The Morgan fingerprint density at radius 2 is 1.27 bits per heavy atom. The second-order valence-electron chi connectivity index (χ2n) is 6.38. The Labute approximate surface area is 139 Å². The molecule has 0 aliphatic carbocycles. The lowest BCUT2D eigenvalue weighted by Crippen LogP contribution is -1.97. The van der Waals surface area contributed by atoms with Gasteiger partial charge in [0, 0.05) is 12.8 Å². The van der Waals surface area contributed by atoms with Gasteiger partial charge in [0.05, 0.1) is 0 Å². The van der Waals surface area contributed by atoms with Crippen LogP contribution in [0.1, 0.15) is 103 Å². The Kier molecular flexibility index (Phi) is 17.5. The lowest BCUT2D eigenvalue weighted by molar-refractivity contribution is -0.119. The van der Waals surface area contributed by atoms with Crippen LogP contribution in [0.25, 0.3) is 0 Å². The minimum atomic E-state index is 0.484. The van der Waals surface area contributed by atoms with Crippen molar-refractivity contribution in [2.45, 2.75) is 103 Å². The molecule has 0 saturated carbocycles. The van der Waals surface area contributed by atoms with Gasteiger partial charge >= 0.3 is 0 Å². The quantitative estimate of drug-likeness (QED) is 0.206. The van der Waals surface area contributed by atoms with Gasteiger partial charge in [0.25, 0.3) is 0 Å². The van der Waals surface area contributed by atoms with Gasteiger partial charge < -0.3 is 0 Å². The van der Waals surface area contributed by atoms with Crippen molar-refractivity contribution in [3.05, 3.63) is 24.8 Å². The maximum Gasteiger partial charge on any atom is 0.132 e. The highest BCUT2D eigenvalue weighted by Crippen LogP contribution is 2.12. The van der Waals surface area contributed by atoms with E-state index in [9.17, 15) is 4.79 Å². The minimum absolute atomic E-state index is 0.484. The summed E-state index contributed by atoms with van der Waals surface area (Å²) in [5, 5.41) is 0. The molecule has 0 aliphatic heterocycles. The molecule has 1 nitrogen and oxygen atoms in total. The van der Waals surface area contributed by atoms with Crippen LogP contribution in [0.3, 0.4) is 0 Å². The summed E-state index contributed by atoms with van der Waals surface area (Å²) >= 11 is 0. The molecule has 0 fully saturated rings. The highest BCUT2D eigenvalue weighted by molar-refractivity contribution is 5.78. The van der Waals surface area contributed by atoms with Crippen LogP contribution in [0.15, 0.2) is 24.8 Å². The molecule has 0 amide bonds. The van der Waals surface area contributed by atoms with E-state index in [-0.39, 0.29) is 0 Å². The van der Waals surface area contributed by atoms with Gasteiger partial charge in [-0.2, -0.15) is 0 Å². The molecular weight excluding hydrogens is 268 g/mol. The van der Waals surface area contributed by atoms with E-state index in [1.807, 2.05) is 12.2 Å². The monoisotopic (exact) mass is 306 g/mol. The van der Waals surface area contributed by atoms with Crippen LogP contribution in [-0.2, 0) is 4.79 Å². The third-order valence-corrected chi connectivity index (χ3v) is 4.16. The van der Waals surface area contributed by atoms with Crippen molar-refractivity contribution in [3.63, 3.8) is 0 Å². The van der Waals surface area contributed by atoms with Crippen molar-refractivity contribution < 1.29 is 4.79 Å². The van der Waals surface area contributed by atoms with E-state index < -0.39 is 0 Å². The van der Waals surface area contributed by atoms with E-state index in [1.165, 1.54) is 64.2 Å². The third-order valence-electron chi connectivity index (χ3n) is 4.16. The van der Waals surface area contributed by atoms with Crippen molar-refractivity contribution in [2.75, 3.05) is 0 Å². The molecule has 0 unspecified atom stereocenters. The van der Waals surface area contributed by atoms with E-state index in [0.717, 1.165) is 32.1 Å². The predicted molar refractivity (Wildman–Crippen MR) is 99.3 cm³/mol. The molecular formula is C21H38O. The molecule has 0 bridgehead atoms. The summed E-state index contributed by atoms with van der Waals surface area (Å²) in [7, 11) is 0. The molecule has 0 aromatic rings. The van der Waals surface area contributed by atoms with Gasteiger partial charge in [-0.1, -0.05) is 89.5 Å². The first-order valence-electron chi connectivity index (χ1n) is 9.60. The SMILES string of the molecule is C=C/C=C/CCCCCCC(=O)CCCCCCCCCC. The number of carbonyl (C=O) groups is 1. The largest absolute Gasteiger partial charge is 0.300 e. The van der Waals surface area contributed by atoms with Gasteiger partial charge in [-0.05, 0) is 25.7 Å². The summed E-state index contributed by atoms with van der Waals surface area (Å²) in [5.74, 6) is 0.484. The lowest BCUT2D eigenvalue weighted by Gasteiger charge is -2.02. The Hall–Kier alpha value is -0.850. The number of rotatable bonds is 17. The normalized spacial score (nSPS) is 11.1. The molecule has 128 valence electrons. The number of hydrogen-bond acceptors (Lipinski definition) is 1. The number of unbranched alkanes of at least 4 members (excludes halogenated alkanes) is 11. The molecule has 1 heteroatoms. The zero-order valence-corrected chi connectivity index (χ0v) is 15.0. The molecule has 0 saturated heterocycles. The van der Waals surface area contributed by atoms with Gasteiger partial charge in [0.2, 0.25) is 0 Å². The molecule has 0 atom stereocenters. The van der Waals surface area contributed by atoms with Gasteiger partial charge in [-0.15, -0.1) is 0 Å². The minimum Gasteiger partial charge on any atom is -0.300 e. The van der Waals surface area contributed by atoms with Crippen LogP contribution in [0.5, 0.6) is 0 Å². The number of Topliss-reactive ketones (excluding diaryl/α,β-unsaturated/α-hetero) is 1. The summed E-state index contributed by atoms with van der Waals surface area (Å²) in [6, 6.07) is 0. The molecule has 0 aliphatic rings. The summed E-state index contributed by atoms with van der Waals surface area (Å²) in [4.78, 5) is 11.8. The Morgan fingerprint density at radius 1 is 0.773 bits per heavy atom. The highest BCUT2D eigenvalue weighted by atomic mass is 16.1. The second-order valence-corrected chi connectivity index (χ2v) is 6.38. The van der Waals surface area contributed by atoms with Crippen molar-refractivity contribution in [1.29, 1.82) is 0 Å². The number of carbonyl (C=O) groups excluding carboxylic acids is 1. The van der Waals surface area contributed by atoms with E-state index >= 15 is 0 Å². The first-order valence-corrected chi connectivity index (χ1v) is 9.60. The van der Waals surface area contributed by atoms with E-state index in [0.29, 0.717) is 5.78 Å². The summed E-state index contributed by atoms with van der Waals surface area (Å²) in [5.41, 5.74) is 0. The number of allylic oxidation sites excluding steroid dienone is 3. The zero-order chi connectivity index (χ0) is 16.3. The van der Waals surface area contributed by atoms with Crippen LogP contribution in [-0.4, -0.2) is 5.78 Å². The van der Waals surface area contributed by atoms with Crippen LogP contribution in [0.2, 0.25) is 0 Å². The first-order chi connectivity index (χ1) is 10.8. The molecule has 0 heterocycles. The molecule has 0 aromatic heterocycles. The molecule has 0 aromatic carbocycles. The van der Waals surface area contributed by atoms with E-state index in [4.69, 9.17) is 0 Å². The topological polar surface area (TPSA) is 17.1 Å². The number of ketones is 1. The summed E-state index contributed by atoms with van der Waals surface area (Å²) in [6.07, 6.45) is 24.0. The smallest absolute Gasteiger partial charge is 0.132 e. The molecule has 0 radical (unpaired) electrons. The molecule has 0 rings (SSSR count). The first kappa shape index (κ1) is 21.1. The molecule has 0 spiro atoms. The number of hydrogen-bond donors (Lipinski definition) is 0. The Bertz CT molecular complexity index is 278. The summed E-state index contributed by atoms with van der Waals surface area (Å²) < 4.78 is 0. The maximum absolute atomic E-state index is 11.8. The van der Waals surface area contributed by atoms with E-state index in [2.05, 4.69) is 19.6 Å². The van der Waals surface area contributed by atoms with Crippen molar-refractivity contribution in [3.8, 4) is 0 Å². The van der Waals surface area contributed by atoms with Gasteiger partial charge in [0.1, 0.15) is 5.78 Å². The predicted octanol–water partition coefficient (Wildman–Crippen LogP) is 7.17. The van der Waals surface area contributed by atoms with Crippen molar-refractivity contribution in [1.82, 2.24) is 0 Å². The molecule has 0 N–H and O–H groups in total. The van der Waals surface area contributed by atoms with Gasteiger partial charge in [-0.25, -0.2) is 0 Å². The van der Waals surface area contributed by atoms with Gasteiger partial charge in [0.15, 0.2) is 0 Å². The lowest BCUT2D eigenvalue weighted by atomic mass is 10.0. The highest BCUT2D eigenvalue weighted by Gasteiger charge is 2.01. The molecule has 22 heavy (non-hydrogen) atoms. The van der Waals surface area contributed by atoms with Crippen LogP contribution >= 0.6 is 0 Å². The summed E-state index contributed by atoms with van der Waals surface area (Å²) in [6.45, 7) is 5.91.